The molecule has 1 fully saturated rings. The van der Waals surface area contributed by atoms with E-state index in [1.54, 1.807) is 4.90 Å². The maximum absolute atomic E-state index is 12.6. The van der Waals surface area contributed by atoms with Crippen molar-refractivity contribution in [1.29, 1.82) is 0 Å². The van der Waals surface area contributed by atoms with Crippen LogP contribution in [0.15, 0.2) is 24.3 Å². The predicted molar refractivity (Wildman–Crippen MR) is 98.3 cm³/mol. The summed E-state index contributed by atoms with van der Waals surface area (Å²) in [5.74, 6) is -1.21. The van der Waals surface area contributed by atoms with Gasteiger partial charge in [-0.2, -0.15) is 0 Å². The van der Waals surface area contributed by atoms with E-state index in [9.17, 15) is 18.0 Å². The van der Waals surface area contributed by atoms with Crippen LogP contribution >= 0.6 is 0 Å². The van der Waals surface area contributed by atoms with Gasteiger partial charge in [0.25, 0.3) is 0 Å². The van der Waals surface area contributed by atoms with Gasteiger partial charge >= 0.3 is 0 Å². The molecule has 0 aliphatic carbocycles. The van der Waals surface area contributed by atoms with E-state index in [1.165, 1.54) is 4.90 Å². The number of benzene rings is 1. The van der Waals surface area contributed by atoms with Gasteiger partial charge in [-0.15, -0.1) is 0 Å². The van der Waals surface area contributed by atoms with Gasteiger partial charge in [0.05, 0.1) is 6.04 Å². The molecule has 7 heteroatoms. The molecular weight excluding hydrogens is 340 g/mol. The lowest BCUT2D eigenvalue weighted by Gasteiger charge is -2.41. The van der Waals surface area contributed by atoms with Crippen molar-refractivity contribution >= 4 is 27.3 Å². The highest BCUT2D eigenvalue weighted by Gasteiger charge is 2.36. The van der Waals surface area contributed by atoms with Crippen LogP contribution in [0.5, 0.6) is 0 Å². The monoisotopic (exact) mass is 366 g/mol. The Bertz CT molecular complexity index is 745. The summed E-state index contributed by atoms with van der Waals surface area (Å²) in [6.45, 7) is 4.36. The quantitative estimate of drug-likeness (QED) is 0.769. The Balaban J connectivity index is 2.23. The molecule has 1 aromatic carbocycles. The van der Waals surface area contributed by atoms with Gasteiger partial charge in [-0.05, 0) is 31.0 Å². The second kappa shape index (κ2) is 7.99. The van der Waals surface area contributed by atoms with Crippen molar-refractivity contribution in [2.24, 2.45) is 0 Å². The number of carbonyl (C=O) groups excluding carboxylic acids is 2. The Morgan fingerprint density at radius 2 is 2.04 bits per heavy atom. The number of amides is 2. The molecule has 0 saturated carbocycles. The Hall–Kier alpha value is -1.89. The highest BCUT2D eigenvalue weighted by Crippen LogP contribution is 2.23. The molecule has 1 atom stereocenters. The van der Waals surface area contributed by atoms with Gasteiger partial charge in [0, 0.05) is 18.5 Å². The number of piperazine rings is 1. The van der Waals surface area contributed by atoms with Crippen LogP contribution in [0.3, 0.4) is 0 Å². The van der Waals surface area contributed by atoms with Crippen LogP contribution < -0.4 is 4.90 Å². The molecule has 0 bridgehead atoms. The van der Waals surface area contributed by atoms with Crippen molar-refractivity contribution < 1.29 is 18.0 Å². The second-order valence-corrected chi connectivity index (χ2v) is 8.87. The number of rotatable bonds is 6. The Morgan fingerprint density at radius 1 is 1.32 bits per heavy atom. The number of hydrogen-bond donors (Lipinski definition) is 0. The first kappa shape index (κ1) is 19.4. The normalized spacial score (nSPS) is 18.5. The standard InChI is InChI=1S/C18H26N2O4S/c1-4-5-8-16-11-19(15-9-6-7-14(2)10-15)17(21)12-20(16)18(22)13-25(3,23)24/h6-7,9-10,16H,4-5,8,11-13H2,1-3H3/t16-/m1/s1. The van der Waals surface area contributed by atoms with Crippen LogP contribution in [0.25, 0.3) is 0 Å². The van der Waals surface area contributed by atoms with E-state index in [-0.39, 0.29) is 18.5 Å². The first-order valence-electron chi connectivity index (χ1n) is 8.55. The third kappa shape index (κ3) is 5.29. The van der Waals surface area contributed by atoms with E-state index >= 15 is 0 Å². The van der Waals surface area contributed by atoms with Crippen LogP contribution in [-0.2, 0) is 19.4 Å². The molecule has 2 rings (SSSR count). The lowest BCUT2D eigenvalue weighted by Crippen LogP contribution is -2.59. The Kier molecular flexibility index (Phi) is 6.21. The van der Waals surface area contributed by atoms with E-state index in [0.717, 1.165) is 36.8 Å². The number of unbranched alkanes of at least 4 members (excludes halogenated alkanes) is 1. The van der Waals surface area contributed by atoms with Gasteiger partial charge < -0.3 is 9.80 Å². The zero-order valence-electron chi connectivity index (χ0n) is 15.1. The van der Waals surface area contributed by atoms with Crippen molar-refractivity contribution in [3.05, 3.63) is 29.8 Å². The first-order valence-corrected chi connectivity index (χ1v) is 10.6. The average Bonchev–Trinajstić information content (AvgIpc) is 2.51. The fourth-order valence-corrected chi connectivity index (χ4v) is 3.72. The molecule has 0 unspecified atom stereocenters. The molecule has 0 radical (unpaired) electrons. The molecule has 0 spiro atoms. The summed E-state index contributed by atoms with van der Waals surface area (Å²) in [5.41, 5.74) is 1.88. The third-order valence-electron chi connectivity index (χ3n) is 4.35. The minimum atomic E-state index is -3.42. The summed E-state index contributed by atoms with van der Waals surface area (Å²) in [6.07, 6.45) is 3.69. The number of sulfone groups is 1. The average molecular weight is 366 g/mol. The van der Waals surface area contributed by atoms with Crippen molar-refractivity contribution in [2.75, 3.05) is 30.0 Å². The summed E-state index contributed by atoms with van der Waals surface area (Å²) < 4.78 is 22.9. The minimum Gasteiger partial charge on any atom is -0.328 e. The summed E-state index contributed by atoms with van der Waals surface area (Å²) >= 11 is 0. The van der Waals surface area contributed by atoms with E-state index < -0.39 is 21.5 Å². The van der Waals surface area contributed by atoms with Crippen molar-refractivity contribution in [1.82, 2.24) is 4.90 Å². The summed E-state index contributed by atoms with van der Waals surface area (Å²) in [6, 6.07) is 7.54. The van der Waals surface area contributed by atoms with Gasteiger partial charge in [0.2, 0.25) is 11.8 Å². The molecule has 0 aromatic heterocycles. The summed E-state index contributed by atoms with van der Waals surface area (Å²) in [5, 5.41) is 0. The van der Waals surface area contributed by atoms with Crippen LogP contribution in [0.1, 0.15) is 31.7 Å². The highest BCUT2D eigenvalue weighted by molar-refractivity contribution is 7.91. The van der Waals surface area contributed by atoms with Crippen LogP contribution in [0, 0.1) is 6.92 Å². The van der Waals surface area contributed by atoms with Gasteiger partial charge in [0.15, 0.2) is 9.84 Å². The Labute approximate surface area is 149 Å². The number of nitrogens with zero attached hydrogens (tertiary/aromatic N) is 2. The fourth-order valence-electron chi connectivity index (χ4n) is 3.10. The predicted octanol–water partition coefficient (Wildman–Crippen LogP) is 1.77. The van der Waals surface area contributed by atoms with E-state index in [4.69, 9.17) is 0 Å². The number of aryl methyl sites for hydroxylation is 1. The number of hydrogen-bond acceptors (Lipinski definition) is 4. The zero-order valence-corrected chi connectivity index (χ0v) is 15.9. The maximum Gasteiger partial charge on any atom is 0.246 e. The first-order chi connectivity index (χ1) is 11.7. The van der Waals surface area contributed by atoms with Crippen LogP contribution in [0.2, 0.25) is 0 Å². The van der Waals surface area contributed by atoms with E-state index in [2.05, 4.69) is 6.92 Å². The second-order valence-electron chi connectivity index (χ2n) is 6.73. The third-order valence-corrected chi connectivity index (χ3v) is 5.12. The maximum atomic E-state index is 12.6. The molecule has 138 valence electrons. The Morgan fingerprint density at radius 3 is 2.64 bits per heavy atom. The van der Waals surface area contributed by atoms with E-state index in [0.29, 0.717) is 6.54 Å². The smallest absolute Gasteiger partial charge is 0.246 e. The van der Waals surface area contributed by atoms with Crippen molar-refractivity contribution in [3.8, 4) is 0 Å². The SMILES string of the molecule is CCCC[C@@H]1CN(c2cccc(C)c2)C(=O)CN1C(=O)CS(C)(=O)=O. The van der Waals surface area contributed by atoms with Gasteiger partial charge in [-0.1, -0.05) is 31.9 Å². The molecule has 25 heavy (non-hydrogen) atoms. The molecule has 1 heterocycles. The largest absolute Gasteiger partial charge is 0.328 e. The molecular formula is C18H26N2O4S. The topological polar surface area (TPSA) is 74.8 Å². The molecule has 6 nitrogen and oxygen atoms in total. The number of anilines is 1. The molecule has 2 amide bonds. The molecule has 0 N–H and O–H groups in total. The van der Waals surface area contributed by atoms with Gasteiger partial charge in [-0.25, -0.2) is 8.42 Å². The van der Waals surface area contributed by atoms with Gasteiger partial charge in [-0.3, -0.25) is 9.59 Å². The minimum absolute atomic E-state index is 0.0727. The summed E-state index contributed by atoms with van der Waals surface area (Å²) in [7, 11) is -3.42. The van der Waals surface area contributed by atoms with E-state index in [1.807, 2.05) is 31.2 Å². The molecule has 1 aliphatic rings. The highest BCUT2D eigenvalue weighted by atomic mass is 32.2. The van der Waals surface area contributed by atoms with Crippen molar-refractivity contribution in [3.63, 3.8) is 0 Å². The van der Waals surface area contributed by atoms with Crippen molar-refractivity contribution in [2.45, 2.75) is 39.2 Å². The summed E-state index contributed by atoms with van der Waals surface area (Å²) in [4.78, 5) is 28.2. The van der Waals surface area contributed by atoms with Gasteiger partial charge in [0.1, 0.15) is 12.3 Å². The number of carbonyl (C=O) groups is 2. The lowest BCUT2D eigenvalue weighted by atomic mass is 10.0. The lowest BCUT2D eigenvalue weighted by molar-refractivity contribution is -0.137. The van der Waals surface area contributed by atoms with Crippen LogP contribution in [0.4, 0.5) is 5.69 Å². The molecule has 1 aliphatic heterocycles. The molecule has 1 aromatic rings. The fraction of sp³-hybridized carbons (Fsp3) is 0.556. The van der Waals surface area contributed by atoms with Crippen LogP contribution in [-0.4, -0.2) is 56.3 Å². The zero-order chi connectivity index (χ0) is 18.6. The molecule has 1 saturated heterocycles.